The second-order valence-electron chi connectivity index (χ2n) is 8.27. The molecule has 4 aromatic rings. The van der Waals surface area contributed by atoms with E-state index in [0.29, 0.717) is 5.92 Å². The summed E-state index contributed by atoms with van der Waals surface area (Å²) in [6.07, 6.45) is 4.24. The average molecular weight is 414 g/mol. The number of fused-ring (bicyclic) bond motifs is 1. The van der Waals surface area contributed by atoms with E-state index in [1.807, 2.05) is 42.2 Å². The number of aromatic nitrogens is 4. The molecular formula is C25H27N5O. The van der Waals surface area contributed by atoms with Gasteiger partial charge in [0, 0.05) is 16.6 Å². The Morgan fingerprint density at radius 2 is 1.94 bits per heavy atom. The van der Waals surface area contributed by atoms with E-state index >= 15 is 0 Å². The van der Waals surface area contributed by atoms with Crippen LogP contribution >= 0.6 is 0 Å². The minimum atomic E-state index is -0.174. The average Bonchev–Trinajstić information content (AvgIpc) is 3.22. The molecule has 1 saturated carbocycles. The number of aliphatic hydroxyl groups excluding tert-OH is 1. The van der Waals surface area contributed by atoms with Gasteiger partial charge in [0.15, 0.2) is 5.82 Å². The fraction of sp³-hybridized carbons (Fsp3) is 0.320. The molecule has 158 valence electrons. The Bertz CT molecular complexity index is 1210. The molecule has 3 aromatic heterocycles. The predicted molar refractivity (Wildman–Crippen MR) is 122 cm³/mol. The largest absolute Gasteiger partial charge is 0.393 e. The first-order valence-corrected chi connectivity index (χ1v) is 10.9. The summed E-state index contributed by atoms with van der Waals surface area (Å²) in [4.78, 5) is 9.71. The van der Waals surface area contributed by atoms with Gasteiger partial charge in [0.05, 0.1) is 35.2 Å². The summed E-state index contributed by atoms with van der Waals surface area (Å²) >= 11 is 0. The van der Waals surface area contributed by atoms with E-state index in [2.05, 4.69) is 47.7 Å². The second kappa shape index (κ2) is 8.21. The summed E-state index contributed by atoms with van der Waals surface area (Å²) in [5.41, 5.74) is 5.06. The van der Waals surface area contributed by atoms with Crippen LogP contribution in [0.15, 0.2) is 60.8 Å². The number of nitrogens with one attached hydrogen (secondary N) is 1. The maximum absolute atomic E-state index is 9.71. The molecular weight excluding hydrogens is 386 g/mol. The van der Waals surface area contributed by atoms with Crippen LogP contribution in [0.5, 0.6) is 0 Å². The summed E-state index contributed by atoms with van der Waals surface area (Å²) in [7, 11) is 1.96. The third-order valence-electron chi connectivity index (χ3n) is 6.26. The molecule has 0 saturated heterocycles. The highest BCUT2D eigenvalue weighted by atomic mass is 16.3. The third kappa shape index (κ3) is 3.73. The Balaban J connectivity index is 1.52. The first-order valence-electron chi connectivity index (χ1n) is 10.9. The van der Waals surface area contributed by atoms with Crippen LogP contribution in [0.25, 0.3) is 28.0 Å². The van der Waals surface area contributed by atoms with Gasteiger partial charge in [0.25, 0.3) is 0 Å². The van der Waals surface area contributed by atoms with Gasteiger partial charge in [-0.05, 0) is 62.6 Å². The first-order chi connectivity index (χ1) is 15.2. The van der Waals surface area contributed by atoms with E-state index in [1.54, 1.807) is 0 Å². The van der Waals surface area contributed by atoms with Crippen LogP contribution < -0.4 is 5.32 Å². The van der Waals surface area contributed by atoms with Crippen molar-refractivity contribution < 1.29 is 5.11 Å². The van der Waals surface area contributed by atoms with E-state index in [4.69, 9.17) is 9.97 Å². The van der Waals surface area contributed by atoms with Crippen molar-refractivity contribution in [2.45, 2.75) is 38.3 Å². The molecule has 0 bridgehead atoms. The standard InChI is InChI=1S/C25H27N5O/c1-3-19-6-4-9-24(28-19)30-23-14-16(10-11-17(23)15-27-30)21-7-5-8-22(29-21)25(26-2)18-12-20(31)13-18/h4-11,14-15,18,20,25-26,31H,3,12-13H2,1-2H3/t18?,20?,25-/m0/s1. The van der Waals surface area contributed by atoms with Crippen molar-refractivity contribution in [1.82, 2.24) is 25.1 Å². The Kier molecular flexibility index (Phi) is 5.26. The molecule has 6 heteroatoms. The van der Waals surface area contributed by atoms with Gasteiger partial charge in [-0.25, -0.2) is 9.67 Å². The maximum Gasteiger partial charge on any atom is 0.154 e. The van der Waals surface area contributed by atoms with Crippen molar-refractivity contribution in [1.29, 1.82) is 0 Å². The highest BCUT2D eigenvalue weighted by molar-refractivity contribution is 5.84. The lowest BCUT2D eigenvalue weighted by molar-refractivity contribution is 0.0248. The van der Waals surface area contributed by atoms with E-state index in [1.165, 1.54) is 0 Å². The SMILES string of the molecule is CCc1cccc(-n2ncc3ccc(-c4cccc([C@@H](NC)C5CC(O)C5)n4)cc32)n1. The fourth-order valence-electron chi connectivity index (χ4n) is 4.45. The zero-order chi connectivity index (χ0) is 21.4. The molecule has 6 nitrogen and oxygen atoms in total. The number of benzene rings is 1. The number of rotatable bonds is 6. The minimum Gasteiger partial charge on any atom is -0.393 e. The highest BCUT2D eigenvalue weighted by Gasteiger charge is 2.34. The molecule has 31 heavy (non-hydrogen) atoms. The predicted octanol–water partition coefficient (Wildman–Crippen LogP) is 4.08. The lowest BCUT2D eigenvalue weighted by Gasteiger charge is -2.37. The number of aryl methyl sites for hydroxylation is 1. The highest BCUT2D eigenvalue weighted by Crippen LogP contribution is 2.37. The number of hydrogen-bond acceptors (Lipinski definition) is 5. The van der Waals surface area contributed by atoms with E-state index in [9.17, 15) is 5.11 Å². The Labute approximate surface area is 182 Å². The Morgan fingerprint density at radius 1 is 1.10 bits per heavy atom. The Morgan fingerprint density at radius 3 is 2.71 bits per heavy atom. The van der Waals surface area contributed by atoms with Crippen molar-refractivity contribution in [3.05, 3.63) is 72.2 Å². The van der Waals surface area contributed by atoms with Crippen LogP contribution in [-0.4, -0.2) is 38.0 Å². The molecule has 1 atom stereocenters. The summed E-state index contributed by atoms with van der Waals surface area (Å²) in [5.74, 6) is 1.25. The molecule has 1 aliphatic rings. The lowest BCUT2D eigenvalue weighted by atomic mass is 9.76. The van der Waals surface area contributed by atoms with Crippen LogP contribution in [0, 0.1) is 5.92 Å². The molecule has 1 aliphatic carbocycles. The van der Waals surface area contributed by atoms with Gasteiger partial charge in [-0.1, -0.05) is 31.2 Å². The van der Waals surface area contributed by atoms with Crippen LogP contribution in [0.1, 0.15) is 37.2 Å². The molecule has 1 aromatic carbocycles. The van der Waals surface area contributed by atoms with Gasteiger partial charge in [-0.2, -0.15) is 5.10 Å². The molecule has 5 rings (SSSR count). The number of aliphatic hydroxyl groups is 1. The van der Waals surface area contributed by atoms with Gasteiger partial charge < -0.3 is 10.4 Å². The maximum atomic E-state index is 9.71. The number of nitrogens with zero attached hydrogens (tertiary/aromatic N) is 4. The summed E-state index contributed by atoms with van der Waals surface area (Å²) in [5, 5.41) is 18.8. The zero-order valence-corrected chi connectivity index (χ0v) is 17.9. The second-order valence-corrected chi connectivity index (χ2v) is 8.27. The van der Waals surface area contributed by atoms with Crippen molar-refractivity contribution in [2.24, 2.45) is 5.92 Å². The zero-order valence-electron chi connectivity index (χ0n) is 17.9. The van der Waals surface area contributed by atoms with Crippen molar-refractivity contribution in [3.63, 3.8) is 0 Å². The number of hydrogen-bond donors (Lipinski definition) is 2. The summed E-state index contributed by atoms with van der Waals surface area (Å²) in [6.45, 7) is 2.10. The van der Waals surface area contributed by atoms with Crippen LogP contribution in [-0.2, 0) is 6.42 Å². The summed E-state index contributed by atoms with van der Waals surface area (Å²) < 4.78 is 1.90. The normalized spacial score (nSPS) is 19.3. The number of pyridine rings is 2. The minimum absolute atomic E-state index is 0.151. The van der Waals surface area contributed by atoms with Crippen molar-refractivity contribution >= 4 is 10.9 Å². The quantitative estimate of drug-likeness (QED) is 0.498. The molecule has 3 heterocycles. The monoisotopic (exact) mass is 413 g/mol. The van der Waals surface area contributed by atoms with Gasteiger partial charge in [-0.3, -0.25) is 4.98 Å². The van der Waals surface area contributed by atoms with E-state index < -0.39 is 0 Å². The lowest BCUT2D eigenvalue weighted by Crippen LogP contribution is -2.38. The molecule has 2 N–H and O–H groups in total. The van der Waals surface area contributed by atoms with Crippen LogP contribution in [0.3, 0.4) is 0 Å². The third-order valence-corrected chi connectivity index (χ3v) is 6.26. The topological polar surface area (TPSA) is 75.9 Å². The van der Waals surface area contributed by atoms with Crippen LogP contribution in [0.2, 0.25) is 0 Å². The smallest absolute Gasteiger partial charge is 0.154 e. The van der Waals surface area contributed by atoms with Gasteiger partial charge in [0.1, 0.15) is 0 Å². The molecule has 0 radical (unpaired) electrons. The fourth-order valence-corrected chi connectivity index (χ4v) is 4.45. The van der Waals surface area contributed by atoms with Crippen LogP contribution in [0.4, 0.5) is 0 Å². The van der Waals surface area contributed by atoms with Gasteiger partial charge in [-0.15, -0.1) is 0 Å². The van der Waals surface area contributed by atoms with Crippen molar-refractivity contribution in [3.8, 4) is 17.1 Å². The van der Waals surface area contributed by atoms with Crippen molar-refractivity contribution in [2.75, 3.05) is 7.05 Å². The molecule has 1 fully saturated rings. The van der Waals surface area contributed by atoms with E-state index in [0.717, 1.165) is 58.6 Å². The molecule has 0 aliphatic heterocycles. The Hall–Kier alpha value is -3.09. The molecule has 0 amide bonds. The molecule has 0 unspecified atom stereocenters. The van der Waals surface area contributed by atoms with Gasteiger partial charge in [0.2, 0.25) is 0 Å². The summed E-state index contributed by atoms with van der Waals surface area (Å²) in [6, 6.07) is 18.7. The van der Waals surface area contributed by atoms with Gasteiger partial charge >= 0.3 is 0 Å². The first kappa shape index (κ1) is 19.8. The van der Waals surface area contributed by atoms with E-state index in [-0.39, 0.29) is 12.1 Å². The molecule has 0 spiro atoms.